The molecule has 0 aliphatic rings. The SMILES string of the molecule is CNc1ncc(-c2cc(Cl)c(OC)cc2C)o1. The summed E-state index contributed by atoms with van der Waals surface area (Å²) in [5.74, 6) is 1.33. The minimum atomic E-state index is 0.478. The van der Waals surface area contributed by atoms with E-state index in [4.69, 9.17) is 20.8 Å². The zero-order valence-electron chi connectivity index (χ0n) is 9.87. The molecule has 0 saturated heterocycles. The summed E-state index contributed by atoms with van der Waals surface area (Å²) in [6, 6.07) is 4.17. The van der Waals surface area contributed by atoms with Gasteiger partial charge in [-0.15, -0.1) is 0 Å². The van der Waals surface area contributed by atoms with Crippen LogP contribution in [-0.2, 0) is 0 Å². The van der Waals surface area contributed by atoms with Gasteiger partial charge in [-0.05, 0) is 24.6 Å². The van der Waals surface area contributed by atoms with Crippen molar-refractivity contribution in [1.29, 1.82) is 0 Å². The molecule has 90 valence electrons. The molecule has 2 rings (SSSR count). The molecule has 4 nitrogen and oxygen atoms in total. The van der Waals surface area contributed by atoms with Crippen LogP contribution in [0.1, 0.15) is 5.56 Å². The van der Waals surface area contributed by atoms with Crippen LogP contribution >= 0.6 is 11.6 Å². The highest BCUT2D eigenvalue weighted by molar-refractivity contribution is 6.32. The Kier molecular flexibility index (Phi) is 3.24. The summed E-state index contributed by atoms with van der Waals surface area (Å²) in [7, 11) is 3.34. The van der Waals surface area contributed by atoms with Gasteiger partial charge in [0, 0.05) is 12.6 Å². The molecule has 1 heterocycles. The van der Waals surface area contributed by atoms with Gasteiger partial charge in [0.15, 0.2) is 5.76 Å². The summed E-state index contributed by atoms with van der Waals surface area (Å²) in [5.41, 5.74) is 1.93. The molecule has 5 heteroatoms. The molecule has 0 atom stereocenters. The van der Waals surface area contributed by atoms with Gasteiger partial charge in [0.25, 0.3) is 6.01 Å². The van der Waals surface area contributed by atoms with E-state index in [-0.39, 0.29) is 0 Å². The predicted octanol–water partition coefficient (Wildman–Crippen LogP) is 3.35. The largest absolute Gasteiger partial charge is 0.495 e. The monoisotopic (exact) mass is 252 g/mol. The van der Waals surface area contributed by atoms with Crippen LogP contribution in [0.25, 0.3) is 11.3 Å². The van der Waals surface area contributed by atoms with Gasteiger partial charge in [0.05, 0.1) is 18.3 Å². The molecular weight excluding hydrogens is 240 g/mol. The number of oxazole rings is 1. The van der Waals surface area contributed by atoms with E-state index < -0.39 is 0 Å². The standard InChI is InChI=1S/C12H13ClN2O2/c1-7-4-10(16-3)9(13)5-8(7)11-6-15-12(14-2)17-11/h4-6H,1-3H3,(H,14,15). The van der Waals surface area contributed by atoms with E-state index in [2.05, 4.69) is 10.3 Å². The average molecular weight is 253 g/mol. The third-order valence-corrected chi connectivity index (χ3v) is 2.78. The van der Waals surface area contributed by atoms with Gasteiger partial charge >= 0.3 is 0 Å². The molecule has 0 unspecified atom stereocenters. The van der Waals surface area contributed by atoms with E-state index in [0.29, 0.717) is 22.5 Å². The number of rotatable bonds is 3. The maximum Gasteiger partial charge on any atom is 0.294 e. The third-order valence-electron chi connectivity index (χ3n) is 2.48. The summed E-state index contributed by atoms with van der Waals surface area (Å²) in [6.07, 6.45) is 1.66. The minimum absolute atomic E-state index is 0.478. The Balaban J connectivity index is 2.48. The van der Waals surface area contributed by atoms with Crippen LogP contribution in [0.3, 0.4) is 0 Å². The minimum Gasteiger partial charge on any atom is -0.495 e. The first-order chi connectivity index (χ1) is 8.15. The number of hydrogen-bond acceptors (Lipinski definition) is 4. The lowest BCUT2D eigenvalue weighted by molar-refractivity contribution is 0.414. The predicted molar refractivity (Wildman–Crippen MR) is 67.8 cm³/mol. The highest BCUT2D eigenvalue weighted by atomic mass is 35.5. The topological polar surface area (TPSA) is 47.3 Å². The first-order valence-corrected chi connectivity index (χ1v) is 5.51. The molecule has 0 radical (unpaired) electrons. The van der Waals surface area contributed by atoms with Crippen molar-refractivity contribution in [3.8, 4) is 17.1 Å². The van der Waals surface area contributed by atoms with Crippen LogP contribution in [0.5, 0.6) is 5.75 Å². The molecule has 2 aromatic rings. The summed E-state index contributed by atoms with van der Waals surface area (Å²) in [5, 5.41) is 3.39. The van der Waals surface area contributed by atoms with Crippen molar-refractivity contribution in [2.75, 3.05) is 19.5 Å². The number of ether oxygens (including phenoxy) is 1. The number of aromatic nitrogens is 1. The van der Waals surface area contributed by atoms with Crippen LogP contribution in [0, 0.1) is 6.92 Å². The van der Waals surface area contributed by atoms with Crippen LogP contribution in [0.2, 0.25) is 5.02 Å². The van der Waals surface area contributed by atoms with E-state index >= 15 is 0 Å². The molecule has 17 heavy (non-hydrogen) atoms. The lowest BCUT2D eigenvalue weighted by Crippen LogP contribution is -1.88. The number of aryl methyl sites for hydroxylation is 1. The maximum absolute atomic E-state index is 6.09. The van der Waals surface area contributed by atoms with Crippen molar-refractivity contribution in [3.05, 3.63) is 28.9 Å². The molecule has 0 aliphatic heterocycles. The quantitative estimate of drug-likeness (QED) is 0.910. The van der Waals surface area contributed by atoms with Gasteiger partial charge in [-0.1, -0.05) is 11.6 Å². The Bertz CT molecular complexity index is 537. The number of hydrogen-bond donors (Lipinski definition) is 1. The van der Waals surface area contributed by atoms with E-state index in [1.54, 1.807) is 20.4 Å². The molecule has 1 N–H and O–H groups in total. The molecule has 1 aromatic carbocycles. The zero-order chi connectivity index (χ0) is 12.4. The number of methoxy groups -OCH3 is 1. The zero-order valence-corrected chi connectivity index (χ0v) is 10.6. The number of benzene rings is 1. The fourth-order valence-corrected chi connectivity index (χ4v) is 1.83. The molecule has 1 aromatic heterocycles. The molecule has 0 fully saturated rings. The van der Waals surface area contributed by atoms with Crippen molar-refractivity contribution in [2.24, 2.45) is 0 Å². The number of anilines is 1. The summed E-state index contributed by atoms with van der Waals surface area (Å²) < 4.78 is 10.7. The van der Waals surface area contributed by atoms with Crippen LogP contribution in [-0.4, -0.2) is 19.1 Å². The summed E-state index contributed by atoms with van der Waals surface area (Å²) >= 11 is 6.09. The highest BCUT2D eigenvalue weighted by Gasteiger charge is 2.12. The first kappa shape index (κ1) is 11.8. The first-order valence-electron chi connectivity index (χ1n) is 5.13. The van der Waals surface area contributed by atoms with Crippen molar-refractivity contribution in [2.45, 2.75) is 6.92 Å². The highest BCUT2D eigenvalue weighted by Crippen LogP contribution is 2.34. The Morgan fingerprint density at radius 2 is 2.18 bits per heavy atom. The average Bonchev–Trinajstić information content (AvgIpc) is 2.80. The maximum atomic E-state index is 6.09. The number of nitrogens with zero attached hydrogens (tertiary/aromatic N) is 1. The van der Waals surface area contributed by atoms with Gasteiger partial charge in [-0.3, -0.25) is 0 Å². The Morgan fingerprint density at radius 3 is 2.76 bits per heavy atom. The fourth-order valence-electron chi connectivity index (χ4n) is 1.59. The second-order valence-corrected chi connectivity index (χ2v) is 3.99. The van der Waals surface area contributed by atoms with Gasteiger partial charge in [-0.25, -0.2) is 4.98 Å². The lowest BCUT2D eigenvalue weighted by atomic mass is 10.1. The van der Waals surface area contributed by atoms with E-state index in [1.165, 1.54) is 0 Å². The second-order valence-electron chi connectivity index (χ2n) is 3.58. The Hall–Kier alpha value is -1.68. The smallest absolute Gasteiger partial charge is 0.294 e. The number of halogens is 1. The molecule has 0 spiro atoms. The number of nitrogens with one attached hydrogen (secondary N) is 1. The molecule has 0 aliphatic carbocycles. The fraction of sp³-hybridized carbons (Fsp3) is 0.250. The Morgan fingerprint density at radius 1 is 1.41 bits per heavy atom. The summed E-state index contributed by atoms with van der Waals surface area (Å²) in [6.45, 7) is 1.97. The van der Waals surface area contributed by atoms with Crippen molar-refractivity contribution < 1.29 is 9.15 Å². The molecule has 0 amide bonds. The van der Waals surface area contributed by atoms with E-state index in [1.807, 2.05) is 19.1 Å². The Labute approximate surface area is 105 Å². The van der Waals surface area contributed by atoms with Gasteiger partial charge in [-0.2, -0.15) is 0 Å². The van der Waals surface area contributed by atoms with Gasteiger partial charge in [0.1, 0.15) is 5.75 Å². The second kappa shape index (κ2) is 4.67. The van der Waals surface area contributed by atoms with Gasteiger partial charge < -0.3 is 14.5 Å². The van der Waals surface area contributed by atoms with Crippen LogP contribution < -0.4 is 10.1 Å². The van der Waals surface area contributed by atoms with Crippen molar-refractivity contribution in [3.63, 3.8) is 0 Å². The van der Waals surface area contributed by atoms with E-state index in [0.717, 1.165) is 11.1 Å². The van der Waals surface area contributed by atoms with Crippen LogP contribution in [0.4, 0.5) is 6.01 Å². The molecule has 0 bridgehead atoms. The summed E-state index contributed by atoms with van der Waals surface area (Å²) in [4.78, 5) is 4.07. The van der Waals surface area contributed by atoms with E-state index in [9.17, 15) is 0 Å². The van der Waals surface area contributed by atoms with Crippen molar-refractivity contribution >= 4 is 17.6 Å². The van der Waals surface area contributed by atoms with Crippen molar-refractivity contribution in [1.82, 2.24) is 4.98 Å². The van der Waals surface area contributed by atoms with Crippen LogP contribution in [0.15, 0.2) is 22.7 Å². The third kappa shape index (κ3) is 2.22. The van der Waals surface area contributed by atoms with Gasteiger partial charge in [0.2, 0.25) is 0 Å². The molecule has 0 saturated carbocycles. The normalized spacial score (nSPS) is 10.4. The molecular formula is C12H13ClN2O2. The lowest BCUT2D eigenvalue weighted by Gasteiger charge is -2.07.